The van der Waals surface area contributed by atoms with Crippen LogP contribution >= 0.6 is 0 Å². The number of halogens is 4. The second-order valence-corrected chi connectivity index (χ2v) is 20.7. The monoisotopic (exact) mass is 1010 g/mol. The summed E-state index contributed by atoms with van der Waals surface area (Å²) < 4.78 is 105. The van der Waals surface area contributed by atoms with Crippen molar-refractivity contribution in [3.05, 3.63) is 120 Å². The molecule has 0 heterocycles. The van der Waals surface area contributed by atoms with Crippen LogP contribution in [0.25, 0.3) is 0 Å². The molecule has 376 valence electrons. The van der Waals surface area contributed by atoms with E-state index in [0.29, 0.717) is 12.8 Å². The smallest absolute Gasteiger partial charge is 0.334 e. The van der Waals surface area contributed by atoms with Gasteiger partial charge in [-0.25, -0.2) is 58.7 Å². The van der Waals surface area contributed by atoms with Gasteiger partial charge in [-0.1, -0.05) is 181 Å². The minimum atomic E-state index is -3.62. The third-order valence-corrected chi connectivity index (χ3v) is 13.6. The molecule has 0 atom stereocenters. The summed E-state index contributed by atoms with van der Waals surface area (Å²) >= 11 is 0. The molecule has 0 radical (unpaired) electrons. The summed E-state index contributed by atoms with van der Waals surface area (Å²) in [6.07, 6.45) is 33.5. The Labute approximate surface area is 420 Å². The van der Waals surface area contributed by atoms with Gasteiger partial charge in [-0.2, -0.15) is 36.4 Å². The minimum Gasteiger partial charge on any atom is -0.334 e. The molecule has 2 N–H and O–H groups in total. The van der Waals surface area contributed by atoms with Crippen LogP contribution in [0, 0.1) is 35.4 Å². The number of unbranched alkanes of at least 4 members (excludes halogenated alkanes) is 26. The van der Waals surface area contributed by atoms with Crippen LogP contribution < -0.4 is 9.44 Å². The molecule has 4 rings (SSSR count). The van der Waals surface area contributed by atoms with E-state index in [1.165, 1.54) is 128 Å². The van der Waals surface area contributed by atoms with Crippen LogP contribution in [-0.4, -0.2) is 28.3 Å². The normalized spacial score (nSPS) is 11.0. The molecule has 0 amide bonds. The van der Waals surface area contributed by atoms with Gasteiger partial charge >= 0.3 is 21.7 Å². The van der Waals surface area contributed by atoms with E-state index < -0.39 is 43.3 Å². The molecule has 0 saturated carbocycles. The summed E-state index contributed by atoms with van der Waals surface area (Å²) in [6.45, 7) is 4.48. The molecule has 0 aromatic heterocycles. The molecule has 0 bridgehead atoms. The van der Waals surface area contributed by atoms with Gasteiger partial charge in [-0.3, -0.25) is 0 Å². The molecule has 0 fully saturated rings. The van der Waals surface area contributed by atoms with Crippen LogP contribution in [0.3, 0.4) is 0 Å². The molecule has 0 aliphatic rings. The van der Waals surface area contributed by atoms with E-state index >= 15 is 0 Å². The maximum absolute atomic E-state index is 13.5. The molecule has 6 nitrogen and oxygen atoms in total. The topological polar surface area (TPSA) is 92.3 Å². The van der Waals surface area contributed by atoms with E-state index in [4.69, 9.17) is 0 Å². The molecular formula is C54H82F4N2O4S2Ti. The van der Waals surface area contributed by atoms with Crippen molar-refractivity contribution in [1.29, 1.82) is 0 Å². The fourth-order valence-electron chi connectivity index (χ4n) is 7.10. The average molecular weight is 1010 g/mol. The van der Waals surface area contributed by atoms with E-state index in [9.17, 15) is 34.4 Å². The van der Waals surface area contributed by atoms with E-state index in [2.05, 4.69) is 23.3 Å². The van der Waals surface area contributed by atoms with Crippen LogP contribution in [0.1, 0.15) is 194 Å². The van der Waals surface area contributed by atoms with Gasteiger partial charge in [0.2, 0.25) is 20.0 Å². The maximum atomic E-state index is 13.5. The van der Waals surface area contributed by atoms with Gasteiger partial charge in [0.15, 0.2) is 0 Å². The van der Waals surface area contributed by atoms with E-state index in [-0.39, 0.29) is 44.6 Å². The first kappa shape index (κ1) is 64.1. The van der Waals surface area contributed by atoms with Crippen molar-refractivity contribution < 1.29 is 56.1 Å². The molecule has 13 heteroatoms. The predicted molar refractivity (Wildman–Crippen MR) is 270 cm³/mol. The average Bonchev–Trinajstić information content (AvgIpc) is 4.08. The Kier molecular flexibility index (Phi) is 41.2. The van der Waals surface area contributed by atoms with Gasteiger partial charge in [0.05, 0.1) is 11.5 Å². The van der Waals surface area contributed by atoms with Crippen molar-refractivity contribution in [3.8, 4) is 0 Å². The predicted octanol–water partition coefficient (Wildman–Crippen LogP) is 16.8. The number of nitrogens with one attached hydrogen (secondary N) is 2. The van der Waals surface area contributed by atoms with E-state index in [1.807, 2.05) is 72.8 Å². The Morgan fingerprint density at radius 2 is 0.642 bits per heavy atom. The van der Waals surface area contributed by atoms with Gasteiger partial charge in [0.1, 0.15) is 0 Å². The van der Waals surface area contributed by atoms with Gasteiger partial charge in [-0.15, -0.1) is 36.4 Å². The Morgan fingerprint density at radius 3 is 0.851 bits per heavy atom. The van der Waals surface area contributed by atoms with Gasteiger partial charge in [0, 0.05) is 23.3 Å². The van der Waals surface area contributed by atoms with Crippen molar-refractivity contribution in [2.45, 2.75) is 194 Å². The summed E-state index contributed by atoms with van der Waals surface area (Å²) in [5, 5.41) is 0. The molecule has 67 heavy (non-hydrogen) atoms. The van der Waals surface area contributed by atoms with Gasteiger partial charge in [0.25, 0.3) is 0 Å². The zero-order valence-electron chi connectivity index (χ0n) is 40.8. The Morgan fingerprint density at radius 1 is 0.403 bits per heavy atom. The molecule has 0 unspecified atom stereocenters. The summed E-state index contributed by atoms with van der Waals surface area (Å²) in [5.74, 6) is -3.86. The minimum absolute atomic E-state index is 0. The number of sulfonamides is 2. The van der Waals surface area contributed by atoms with Gasteiger partial charge in [-0.05, 0) is 24.2 Å². The fourth-order valence-corrected chi connectivity index (χ4v) is 9.45. The first-order valence-corrected chi connectivity index (χ1v) is 28.3. The molecule has 0 aliphatic heterocycles. The summed E-state index contributed by atoms with van der Waals surface area (Å²) in [5.41, 5.74) is -0.515. The third-order valence-electron chi connectivity index (χ3n) is 10.9. The number of hydrogen-bond acceptors (Lipinski definition) is 4. The second-order valence-electron chi connectivity index (χ2n) is 17.0. The summed E-state index contributed by atoms with van der Waals surface area (Å²) in [6, 6.07) is 27.7. The van der Waals surface area contributed by atoms with Crippen molar-refractivity contribution >= 4 is 31.4 Å². The zero-order chi connectivity index (χ0) is 48.4. The first-order chi connectivity index (χ1) is 31.9. The molecule has 4 aromatic carbocycles. The van der Waals surface area contributed by atoms with E-state index in [0.717, 1.165) is 62.8 Å². The van der Waals surface area contributed by atoms with Crippen molar-refractivity contribution in [2.24, 2.45) is 0 Å². The van der Waals surface area contributed by atoms with E-state index in [1.54, 1.807) is 0 Å². The maximum Gasteiger partial charge on any atom is 4.00 e. The van der Waals surface area contributed by atoms with Crippen molar-refractivity contribution in [1.82, 2.24) is 0 Å². The number of hydrogen-bond donors (Lipinski definition) is 2. The number of rotatable bonds is 34. The van der Waals surface area contributed by atoms with Crippen molar-refractivity contribution in [3.63, 3.8) is 0 Å². The summed E-state index contributed by atoms with van der Waals surface area (Å²) in [7, 11) is -7.24. The molecular weight excluding hydrogens is 929 g/mol. The SMILES string of the molecule is CCCCCCCCCCCCCCCCS(=O)(=O)Nc1ccc(F)[c-]c1F.CCCCCCCCCCCCCCCCS(=O)(=O)Nc1ccc(F)[c-]c1F.[Ti+4].c1cc[cH-]c1.c1cc[cH-]c1. The Balaban J connectivity index is 0.00000105. The Hall–Kier alpha value is -2.93. The standard InChI is InChI=1S/2C22H36F2NO2S.2C5H5.Ti/c2*1-2-3-4-5-6-7-8-9-10-11-12-13-14-15-18-28(26,27)25-22-17-16-20(23)19-21(22)24;2*1-2-4-5-3-1;/h2*16-17,25H,2-15,18H2,1H3;2*1-5H;/q4*-1;+4. The summed E-state index contributed by atoms with van der Waals surface area (Å²) in [4.78, 5) is 0. The largest absolute Gasteiger partial charge is 4.00 e. The third kappa shape index (κ3) is 39.6. The van der Waals surface area contributed by atoms with Crippen LogP contribution in [-0.2, 0) is 41.8 Å². The quantitative estimate of drug-likeness (QED) is 0.0211. The first-order valence-electron chi connectivity index (χ1n) is 25.0. The van der Waals surface area contributed by atoms with Crippen LogP contribution in [0.4, 0.5) is 28.9 Å². The fraction of sp³-hybridized carbons (Fsp3) is 0.593. The second kappa shape index (κ2) is 43.1. The molecule has 0 spiro atoms. The Bertz CT molecular complexity index is 1730. The zero-order valence-corrected chi connectivity index (χ0v) is 44.0. The molecule has 0 aliphatic carbocycles. The van der Waals surface area contributed by atoms with Crippen molar-refractivity contribution in [2.75, 3.05) is 20.9 Å². The molecule has 4 aromatic rings. The van der Waals surface area contributed by atoms with Crippen LogP contribution in [0.15, 0.2) is 84.9 Å². The number of anilines is 2. The number of benzene rings is 2. The van der Waals surface area contributed by atoms with Crippen LogP contribution in [0.5, 0.6) is 0 Å². The van der Waals surface area contributed by atoms with Gasteiger partial charge < -0.3 is 9.44 Å². The molecule has 0 saturated heterocycles. The van der Waals surface area contributed by atoms with Crippen LogP contribution in [0.2, 0.25) is 0 Å².